The summed E-state index contributed by atoms with van der Waals surface area (Å²) in [6.45, 7) is 2.41. The van der Waals surface area contributed by atoms with Crippen LogP contribution in [0.1, 0.15) is 15.9 Å². The first-order valence-corrected chi connectivity index (χ1v) is 6.53. The maximum atomic E-state index is 12.7. The van der Waals surface area contributed by atoms with E-state index in [1.165, 1.54) is 19.4 Å². The van der Waals surface area contributed by atoms with Crippen LogP contribution in [0.15, 0.2) is 18.3 Å². The lowest BCUT2D eigenvalue weighted by Gasteiger charge is -2.07. The largest absolute Gasteiger partial charge is 0.454 e. The Morgan fingerprint density at radius 2 is 2.05 bits per heavy atom. The van der Waals surface area contributed by atoms with E-state index >= 15 is 0 Å². The van der Waals surface area contributed by atoms with Crippen LogP contribution in [0.2, 0.25) is 5.02 Å². The van der Waals surface area contributed by atoms with Gasteiger partial charge in [-0.25, -0.2) is 0 Å². The Kier molecular flexibility index (Phi) is 4.30. The number of ketones is 1. The Bertz CT molecular complexity index is 692. The highest BCUT2D eigenvalue weighted by molar-refractivity contribution is 6.31. The topological polar surface area (TPSA) is 31.2 Å². The number of rotatable bonds is 4. The predicted molar refractivity (Wildman–Crippen MR) is 73.9 cm³/mol. The van der Waals surface area contributed by atoms with Crippen LogP contribution in [-0.2, 0) is 11.3 Å². The summed E-state index contributed by atoms with van der Waals surface area (Å²) in [4.78, 5) is 11.6. The zero-order chi connectivity index (χ0) is 15.8. The van der Waals surface area contributed by atoms with Gasteiger partial charge in [-0.2, -0.15) is 13.2 Å². The van der Waals surface area contributed by atoms with Crippen LogP contribution >= 0.6 is 11.6 Å². The second-order valence-electron chi connectivity index (χ2n) is 4.67. The van der Waals surface area contributed by atoms with Crippen LogP contribution in [0.5, 0.6) is 0 Å². The van der Waals surface area contributed by atoms with Crippen LogP contribution in [-0.4, -0.2) is 30.2 Å². The summed E-state index contributed by atoms with van der Waals surface area (Å²) in [5.74, 6) is -1.87. The van der Waals surface area contributed by atoms with Crippen LogP contribution in [0.3, 0.4) is 0 Å². The van der Waals surface area contributed by atoms with E-state index in [-0.39, 0.29) is 10.9 Å². The van der Waals surface area contributed by atoms with Gasteiger partial charge in [-0.05, 0) is 24.6 Å². The van der Waals surface area contributed by atoms with Gasteiger partial charge < -0.3 is 9.30 Å². The van der Waals surface area contributed by atoms with Gasteiger partial charge in [0.2, 0.25) is 0 Å². The van der Waals surface area contributed by atoms with E-state index in [1.807, 2.05) is 0 Å². The van der Waals surface area contributed by atoms with Gasteiger partial charge in [0, 0.05) is 30.3 Å². The lowest BCUT2D eigenvalue weighted by molar-refractivity contribution is -0.0884. The summed E-state index contributed by atoms with van der Waals surface area (Å²) in [7, 11) is 1.50. The van der Waals surface area contributed by atoms with Gasteiger partial charge in [-0.3, -0.25) is 4.79 Å². The van der Waals surface area contributed by atoms with Gasteiger partial charge in [0.25, 0.3) is 5.78 Å². The number of halogens is 4. The van der Waals surface area contributed by atoms with E-state index in [0.29, 0.717) is 29.3 Å². The van der Waals surface area contributed by atoms with Crippen molar-refractivity contribution in [3.05, 3.63) is 34.5 Å². The number of carbonyl (C=O) groups is 1. The van der Waals surface area contributed by atoms with Crippen molar-refractivity contribution >= 4 is 28.3 Å². The Hall–Kier alpha value is -1.53. The molecule has 0 saturated carbocycles. The van der Waals surface area contributed by atoms with Crippen LogP contribution in [0.4, 0.5) is 13.2 Å². The summed E-state index contributed by atoms with van der Waals surface area (Å²) in [6.07, 6.45) is -3.71. The fraction of sp³-hybridized carbons (Fsp3) is 0.357. The summed E-state index contributed by atoms with van der Waals surface area (Å²) >= 11 is 5.90. The van der Waals surface area contributed by atoms with Crippen molar-refractivity contribution in [2.24, 2.45) is 0 Å². The minimum Gasteiger partial charge on any atom is -0.383 e. The lowest BCUT2D eigenvalue weighted by atomic mass is 10.1. The van der Waals surface area contributed by atoms with Crippen molar-refractivity contribution < 1.29 is 22.7 Å². The molecule has 0 aliphatic heterocycles. The molecule has 0 aliphatic rings. The third kappa shape index (κ3) is 3.06. The molecule has 7 heteroatoms. The molecule has 1 aromatic carbocycles. The molecule has 1 aromatic heterocycles. The van der Waals surface area contributed by atoms with E-state index in [1.54, 1.807) is 17.6 Å². The van der Waals surface area contributed by atoms with Gasteiger partial charge in [0.05, 0.1) is 17.7 Å². The van der Waals surface area contributed by atoms with Gasteiger partial charge in [-0.15, -0.1) is 0 Å². The SMILES string of the molecule is COCCn1cc(C(=O)C(F)(F)F)c2cc(Cl)cc(C)c21. The second kappa shape index (κ2) is 5.69. The molecule has 0 fully saturated rings. The van der Waals surface area contributed by atoms with Crippen molar-refractivity contribution in [3.8, 4) is 0 Å². The van der Waals surface area contributed by atoms with Crippen molar-refractivity contribution in [1.82, 2.24) is 4.57 Å². The minimum absolute atomic E-state index is 0.207. The molecule has 0 spiro atoms. The van der Waals surface area contributed by atoms with E-state index in [4.69, 9.17) is 16.3 Å². The second-order valence-corrected chi connectivity index (χ2v) is 5.11. The average molecular weight is 320 g/mol. The van der Waals surface area contributed by atoms with E-state index in [9.17, 15) is 18.0 Å². The smallest absolute Gasteiger partial charge is 0.383 e. The van der Waals surface area contributed by atoms with Crippen molar-refractivity contribution in [2.75, 3.05) is 13.7 Å². The highest BCUT2D eigenvalue weighted by Gasteiger charge is 2.41. The highest BCUT2D eigenvalue weighted by atomic mass is 35.5. The number of methoxy groups -OCH3 is 1. The molecule has 2 rings (SSSR count). The molecule has 0 bridgehead atoms. The van der Waals surface area contributed by atoms with Gasteiger partial charge in [0.1, 0.15) is 0 Å². The molecule has 0 N–H and O–H groups in total. The first kappa shape index (κ1) is 15.9. The monoisotopic (exact) mass is 319 g/mol. The Morgan fingerprint density at radius 3 is 2.62 bits per heavy atom. The van der Waals surface area contributed by atoms with Crippen molar-refractivity contribution in [1.29, 1.82) is 0 Å². The first-order chi connectivity index (χ1) is 9.75. The molecule has 21 heavy (non-hydrogen) atoms. The number of hydrogen-bond donors (Lipinski definition) is 0. The molecule has 0 aliphatic carbocycles. The zero-order valence-electron chi connectivity index (χ0n) is 11.4. The van der Waals surface area contributed by atoms with Gasteiger partial charge in [0.15, 0.2) is 0 Å². The number of aryl methyl sites for hydroxylation is 1. The molecular weight excluding hydrogens is 307 g/mol. The first-order valence-electron chi connectivity index (χ1n) is 6.15. The molecule has 3 nitrogen and oxygen atoms in total. The number of hydrogen-bond acceptors (Lipinski definition) is 2. The fourth-order valence-corrected chi connectivity index (χ4v) is 2.58. The van der Waals surface area contributed by atoms with Crippen LogP contribution in [0.25, 0.3) is 10.9 Å². The maximum absolute atomic E-state index is 12.7. The molecule has 0 radical (unpaired) electrons. The maximum Gasteiger partial charge on any atom is 0.454 e. The molecule has 2 aromatic rings. The standard InChI is InChI=1S/C14H13ClF3NO2/c1-8-5-9(15)6-10-11(13(20)14(16,17)18)7-19(12(8)10)3-4-21-2/h5-7H,3-4H2,1-2H3. The Morgan fingerprint density at radius 1 is 1.38 bits per heavy atom. The average Bonchev–Trinajstić information content (AvgIpc) is 2.72. The van der Waals surface area contributed by atoms with E-state index in [0.717, 1.165) is 0 Å². The Balaban J connectivity index is 2.68. The van der Waals surface area contributed by atoms with Crippen molar-refractivity contribution in [3.63, 3.8) is 0 Å². The van der Waals surface area contributed by atoms with Crippen molar-refractivity contribution in [2.45, 2.75) is 19.6 Å². The number of nitrogens with zero attached hydrogens (tertiary/aromatic N) is 1. The number of ether oxygens (including phenoxy) is 1. The van der Waals surface area contributed by atoms with Gasteiger partial charge in [-0.1, -0.05) is 11.6 Å². The molecule has 1 heterocycles. The van der Waals surface area contributed by atoms with Crippen LogP contribution in [0, 0.1) is 6.92 Å². The molecule has 0 amide bonds. The number of alkyl halides is 3. The zero-order valence-corrected chi connectivity index (χ0v) is 12.2. The molecular formula is C14H13ClF3NO2. The quantitative estimate of drug-likeness (QED) is 0.798. The summed E-state index contributed by atoms with van der Waals surface area (Å²) in [5.41, 5.74) is 0.873. The van der Waals surface area contributed by atoms with Gasteiger partial charge >= 0.3 is 6.18 Å². The number of fused-ring (bicyclic) bond motifs is 1. The third-order valence-electron chi connectivity index (χ3n) is 3.17. The van der Waals surface area contributed by atoms with Crippen LogP contribution < -0.4 is 0 Å². The fourth-order valence-electron chi connectivity index (χ4n) is 2.31. The van der Waals surface area contributed by atoms with E-state index in [2.05, 4.69) is 0 Å². The highest BCUT2D eigenvalue weighted by Crippen LogP contribution is 2.32. The summed E-state index contributed by atoms with van der Waals surface area (Å²) in [6, 6.07) is 3.03. The van der Waals surface area contributed by atoms with E-state index < -0.39 is 12.0 Å². The number of carbonyl (C=O) groups excluding carboxylic acids is 1. The lowest BCUT2D eigenvalue weighted by Crippen LogP contribution is -2.22. The molecule has 0 unspecified atom stereocenters. The number of Topliss-reactive ketones (excluding diaryl/α,β-unsaturated/α-hetero) is 1. The summed E-state index contributed by atoms with van der Waals surface area (Å²) in [5, 5.41) is 0.499. The number of benzene rings is 1. The summed E-state index contributed by atoms with van der Waals surface area (Å²) < 4.78 is 44.7. The Labute approximate surface area is 124 Å². The normalized spacial score (nSPS) is 12.1. The minimum atomic E-state index is -4.92. The number of aromatic nitrogens is 1. The molecule has 0 saturated heterocycles. The third-order valence-corrected chi connectivity index (χ3v) is 3.38. The molecule has 0 atom stereocenters. The predicted octanol–water partition coefficient (Wildman–Crippen LogP) is 3.99. The molecule has 114 valence electrons.